The molecule has 1 N–H and O–H groups in total. The monoisotopic (exact) mass is 251 g/mol. The predicted molar refractivity (Wildman–Crippen MR) is 61.4 cm³/mol. The first kappa shape index (κ1) is 11.5. The summed E-state index contributed by atoms with van der Waals surface area (Å²) in [5, 5.41) is 2.70. The van der Waals surface area contributed by atoms with Crippen molar-refractivity contribution in [1.29, 1.82) is 0 Å². The molecule has 0 aliphatic rings. The third kappa shape index (κ3) is 2.76. The van der Waals surface area contributed by atoms with Crippen LogP contribution in [0.5, 0.6) is 0 Å². The Bertz CT molecular complexity index is 545. The number of carbonyl (C=O) groups is 1. The van der Waals surface area contributed by atoms with Gasteiger partial charge in [-0.15, -0.1) is 0 Å². The Labute approximate surface area is 101 Å². The molecule has 0 fully saturated rings. The van der Waals surface area contributed by atoms with Crippen molar-refractivity contribution in [2.75, 3.05) is 5.32 Å². The Balaban J connectivity index is 2.17. The average molecular weight is 252 g/mol. The predicted octanol–water partition coefficient (Wildman–Crippen LogP) is 2.52. The van der Waals surface area contributed by atoms with E-state index < -0.39 is 11.7 Å². The second kappa shape index (κ2) is 4.88. The van der Waals surface area contributed by atoms with Crippen LogP contribution in [0.3, 0.4) is 0 Å². The maximum absolute atomic E-state index is 13.2. The minimum atomic E-state index is -0.595. The summed E-state index contributed by atoms with van der Waals surface area (Å²) in [5.74, 6) is -1.05. The standard InChI is InChI=1S/C11H7ClFN3O/c12-10-2-1-7(5-15-10)11(17)16-9-3-4-14-6-8(9)13/h1-6H,(H,14,16,17). The molecule has 2 aromatic heterocycles. The van der Waals surface area contributed by atoms with Crippen LogP contribution in [0.25, 0.3) is 0 Å². The second-order valence-corrected chi connectivity index (χ2v) is 3.57. The van der Waals surface area contributed by atoms with Crippen molar-refractivity contribution in [2.45, 2.75) is 0 Å². The van der Waals surface area contributed by atoms with E-state index in [2.05, 4.69) is 15.3 Å². The fraction of sp³-hybridized carbons (Fsp3) is 0. The molecule has 0 aliphatic heterocycles. The van der Waals surface area contributed by atoms with Gasteiger partial charge in [-0.25, -0.2) is 9.37 Å². The molecular weight excluding hydrogens is 245 g/mol. The van der Waals surface area contributed by atoms with Crippen LogP contribution in [-0.2, 0) is 0 Å². The van der Waals surface area contributed by atoms with Crippen molar-refractivity contribution < 1.29 is 9.18 Å². The molecule has 0 saturated carbocycles. The number of rotatable bonds is 2. The highest BCUT2D eigenvalue weighted by Gasteiger charge is 2.09. The first-order valence-electron chi connectivity index (χ1n) is 4.69. The number of nitrogens with zero attached hydrogens (tertiary/aromatic N) is 2. The lowest BCUT2D eigenvalue weighted by Crippen LogP contribution is -2.13. The molecule has 0 spiro atoms. The van der Waals surface area contributed by atoms with E-state index in [0.717, 1.165) is 6.20 Å². The van der Waals surface area contributed by atoms with Crippen LogP contribution in [0.2, 0.25) is 5.15 Å². The minimum absolute atomic E-state index is 0.0694. The fourth-order valence-corrected chi connectivity index (χ4v) is 1.29. The molecule has 17 heavy (non-hydrogen) atoms. The summed E-state index contributed by atoms with van der Waals surface area (Å²) in [5.41, 5.74) is 0.366. The van der Waals surface area contributed by atoms with Crippen LogP contribution in [0.1, 0.15) is 10.4 Å². The number of halogens is 2. The van der Waals surface area contributed by atoms with E-state index in [1.807, 2.05) is 0 Å². The number of hydrogen-bond donors (Lipinski definition) is 1. The molecular formula is C11H7ClFN3O. The molecule has 2 aromatic rings. The van der Waals surface area contributed by atoms with E-state index in [1.165, 1.54) is 30.6 Å². The lowest BCUT2D eigenvalue weighted by Gasteiger charge is -2.05. The Morgan fingerprint density at radius 1 is 1.29 bits per heavy atom. The number of aromatic nitrogens is 2. The van der Waals surface area contributed by atoms with Gasteiger partial charge in [0.25, 0.3) is 5.91 Å². The van der Waals surface area contributed by atoms with Crippen LogP contribution in [0.4, 0.5) is 10.1 Å². The van der Waals surface area contributed by atoms with Crippen LogP contribution in [0, 0.1) is 5.82 Å². The quantitative estimate of drug-likeness (QED) is 0.835. The molecule has 0 radical (unpaired) electrons. The van der Waals surface area contributed by atoms with Crippen molar-refractivity contribution in [3.05, 3.63) is 53.3 Å². The van der Waals surface area contributed by atoms with Crippen LogP contribution in [0.15, 0.2) is 36.8 Å². The number of hydrogen-bond acceptors (Lipinski definition) is 3. The third-order valence-electron chi connectivity index (χ3n) is 2.01. The Hall–Kier alpha value is -2.01. The zero-order valence-corrected chi connectivity index (χ0v) is 9.28. The number of pyridine rings is 2. The summed E-state index contributed by atoms with van der Waals surface area (Å²) in [4.78, 5) is 19.0. The highest BCUT2D eigenvalue weighted by molar-refractivity contribution is 6.29. The van der Waals surface area contributed by atoms with E-state index in [4.69, 9.17) is 11.6 Å². The number of amides is 1. The Morgan fingerprint density at radius 3 is 2.76 bits per heavy atom. The van der Waals surface area contributed by atoms with Gasteiger partial charge in [0.2, 0.25) is 0 Å². The van der Waals surface area contributed by atoms with Crippen molar-refractivity contribution in [1.82, 2.24) is 9.97 Å². The van der Waals surface area contributed by atoms with Gasteiger partial charge in [0, 0.05) is 12.4 Å². The first-order valence-corrected chi connectivity index (χ1v) is 5.07. The van der Waals surface area contributed by atoms with Gasteiger partial charge in [0.15, 0.2) is 5.82 Å². The van der Waals surface area contributed by atoms with E-state index in [1.54, 1.807) is 0 Å². The zero-order valence-electron chi connectivity index (χ0n) is 8.52. The van der Waals surface area contributed by atoms with Gasteiger partial charge in [-0.2, -0.15) is 0 Å². The molecule has 6 heteroatoms. The SMILES string of the molecule is O=C(Nc1ccncc1F)c1ccc(Cl)nc1. The third-order valence-corrected chi connectivity index (χ3v) is 2.23. The fourth-order valence-electron chi connectivity index (χ4n) is 1.18. The lowest BCUT2D eigenvalue weighted by molar-refractivity contribution is 0.102. The van der Waals surface area contributed by atoms with Gasteiger partial charge in [0.1, 0.15) is 5.15 Å². The maximum atomic E-state index is 13.2. The molecule has 0 saturated heterocycles. The van der Waals surface area contributed by atoms with E-state index in [-0.39, 0.29) is 10.8 Å². The highest BCUT2D eigenvalue weighted by atomic mass is 35.5. The van der Waals surface area contributed by atoms with Gasteiger partial charge in [0.05, 0.1) is 17.4 Å². The maximum Gasteiger partial charge on any atom is 0.257 e. The number of carbonyl (C=O) groups excluding carboxylic acids is 1. The molecule has 1 amide bonds. The van der Waals surface area contributed by atoms with Gasteiger partial charge >= 0.3 is 0 Å². The number of anilines is 1. The molecule has 0 aliphatic carbocycles. The average Bonchev–Trinajstić information content (AvgIpc) is 2.33. The second-order valence-electron chi connectivity index (χ2n) is 3.18. The van der Waals surface area contributed by atoms with Crippen LogP contribution >= 0.6 is 11.6 Å². The molecule has 0 bridgehead atoms. The topological polar surface area (TPSA) is 54.9 Å². The minimum Gasteiger partial charge on any atom is -0.319 e. The van der Waals surface area contributed by atoms with Crippen molar-refractivity contribution >= 4 is 23.2 Å². The summed E-state index contributed by atoms with van der Waals surface area (Å²) in [6, 6.07) is 4.36. The summed E-state index contributed by atoms with van der Waals surface area (Å²) >= 11 is 5.59. The van der Waals surface area contributed by atoms with Crippen LogP contribution < -0.4 is 5.32 Å². The lowest BCUT2D eigenvalue weighted by atomic mass is 10.2. The largest absolute Gasteiger partial charge is 0.319 e. The molecule has 0 aromatic carbocycles. The van der Waals surface area contributed by atoms with Crippen molar-refractivity contribution in [2.24, 2.45) is 0 Å². The molecule has 86 valence electrons. The van der Waals surface area contributed by atoms with Gasteiger partial charge < -0.3 is 5.32 Å². The van der Waals surface area contributed by atoms with Gasteiger partial charge in [-0.05, 0) is 18.2 Å². The van der Waals surface area contributed by atoms with E-state index in [9.17, 15) is 9.18 Å². The summed E-state index contributed by atoms with van der Waals surface area (Å²) < 4.78 is 13.2. The summed E-state index contributed by atoms with van der Waals surface area (Å²) in [6.45, 7) is 0. The molecule has 0 unspecified atom stereocenters. The zero-order chi connectivity index (χ0) is 12.3. The van der Waals surface area contributed by atoms with E-state index in [0.29, 0.717) is 5.56 Å². The first-order chi connectivity index (χ1) is 8.16. The molecule has 2 rings (SSSR count). The Kier molecular flexibility index (Phi) is 3.30. The van der Waals surface area contributed by atoms with Crippen molar-refractivity contribution in [3.63, 3.8) is 0 Å². The number of nitrogens with one attached hydrogen (secondary N) is 1. The smallest absolute Gasteiger partial charge is 0.257 e. The summed E-state index contributed by atoms with van der Waals surface area (Å²) in [6.07, 6.45) is 3.73. The van der Waals surface area contributed by atoms with E-state index >= 15 is 0 Å². The highest BCUT2D eigenvalue weighted by Crippen LogP contribution is 2.13. The normalized spacial score (nSPS) is 10.0. The molecule has 4 nitrogen and oxygen atoms in total. The van der Waals surface area contributed by atoms with Crippen LogP contribution in [-0.4, -0.2) is 15.9 Å². The van der Waals surface area contributed by atoms with Gasteiger partial charge in [-0.3, -0.25) is 9.78 Å². The Morgan fingerprint density at radius 2 is 2.12 bits per heavy atom. The molecule has 0 atom stereocenters. The summed E-state index contributed by atoms with van der Waals surface area (Å²) in [7, 11) is 0. The van der Waals surface area contributed by atoms with Crippen molar-refractivity contribution in [3.8, 4) is 0 Å². The van der Waals surface area contributed by atoms with Gasteiger partial charge in [-0.1, -0.05) is 11.6 Å². The molecule has 2 heterocycles.